The summed E-state index contributed by atoms with van der Waals surface area (Å²) in [5.41, 5.74) is 4.60. The Hall–Kier alpha value is -3.84. The number of hydrogen-bond acceptors (Lipinski definition) is 6. The van der Waals surface area contributed by atoms with Crippen molar-refractivity contribution in [2.24, 2.45) is 5.10 Å². The highest BCUT2D eigenvalue weighted by Crippen LogP contribution is 2.36. The van der Waals surface area contributed by atoms with Gasteiger partial charge in [-0.2, -0.15) is 5.10 Å². The van der Waals surface area contributed by atoms with Crippen LogP contribution in [0, 0.1) is 0 Å². The van der Waals surface area contributed by atoms with Crippen LogP contribution in [0.3, 0.4) is 0 Å². The number of carbonyl (C=O) groups excluding carboxylic acids is 1. The number of benzene rings is 2. The van der Waals surface area contributed by atoms with Gasteiger partial charge in [-0.1, -0.05) is 35.9 Å². The first-order chi connectivity index (χ1) is 16.1. The molecule has 33 heavy (non-hydrogen) atoms. The summed E-state index contributed by atoms with van der Waals surface area (Å²) in [5.74, 6) is 1.29. The summed E-state index contributed by atoms with van der Waals surface area (Å²) in [5, 5.41) is 4.32. The number of nitrogens with one attached hydrogen (secondary N) is 1. The molecule has 0 aliphatic carbocycles. The lowest BCUT2D eigenvalue weighted by molar-refractivity contribution is 0.0955. The van der Waals surface area contributed by atoms with Crippen LogP contribution in [0.4, 0.5) is 0 Å². The molecule has 1 aromatic heterocycles. The van der Waals surface area contributed by atoms with Gasteiger partial charge in [0.2, 0.25) is 0 Å². The molecular formula is C25H24ClN3O4. The number of carbonyl (C=O) groups is 1. The van der Waals surface area contributed by atoms with Crippen LogP contribution in [0.15, 0.2) is 78.7 Å². The minimum atomic E-state index is -0.346. The van der Waals surface area contributed by atoms with E-state index < -0.39 is 0 Å². The number of hydrogen-bond donors (Lipinski definition) is 1. The fourth-order valence-electron chi connectivity index (χ4n) is 2.95. The molecule has 7 nitrogen and oxygen atoms in total. The van der Waals surface area contributed by atoms with E-state index >= 15 is 0 Å². The van der Waals surface area contributed by atoms with Crippen LogP contribution in [-0.2, 0) is 6.42 Å². The number of hydrazone groups is 1. The first kappa shape index (κ1) is 23.8. The molecule has 1 heterocycles. The third-order valence-electron chi connectivity index (χ3n) is 4.50. The summed E-state index contributed by atoms with van der Waals surface area (Å²) in [6.45, 7) is 4.37. The zero-order valence-corrected chi connectivity index (χ0v) is 18.9. The highest BCUT2D eigenvalue weighted by molar-refractivity contribution is 6.32. The summed E-state index contributed by atoms with van der Waals surface area (Å²) >= 11 is 6.40. The number of nitrogens with zero attached hydrogens (tertiary/aromatic N) is 2. The Morgan fingerprint density at radius 1 is 1.12 bits per heavy atom. The molecule has 0 radical (unpaired) electrons. The van der Waals surface area contributed by atoms with Crippen LogP contribution in [0.2, 0.25) is 5.02 Å². The van der Waals surface area contributed by atoms with Gasteiger partial charge in [0.25, 0.3) is 5.91 Å². The van der Waals surface area contributed by atoms with E-state index in [1.54, 1.807) is 24.3 Å². The van der Waals surface area contributed by atoms with Gasteiger partial charge < -0.3 is 14.2 Å². The molecule has 0 fully saturated rings. The number of methoxy groups -OCH3 is 1. The molecule has 0 spiro atoms. The molecule has 0 saturated carbocycles. The highest BCUT2D eigenvalue weighted by Gasteiger charge is 2.12. The van der Waals surface area contributed by atoms with Crippen molar-refractivity contribution in [1.82, 2.24) is 10.4 Å². The molecule has 8 heteroatoms. The maximum atomic E-state index is 12.0. The Morgan fingerprint density at radius 3 is 2.64 bits per heavy atom. The molecule has 0 atom stereocenters. The van der Waals surface area contributed by atoms with Gasteiger partial charge >= 0.3 is 0 Å². The normalized spacial score (nSPS) is 10.6. The van der Waals surface area contributed by atoms with Crippen LogP contribution in [-0.4, -0.2) is 37.4 Å². The van der Waals surface area contributed by atoms with Gasteiger partial charge in [-0.15, -0.1) is 6.58 Å². The van der Waals surface area contributed by atoms with Crippen molar-refractivity contribution in [1.29, 1.82) is 0 Å². The standard InChI is InChI=1S/C25H24ClN3O4/c1-3-6-19-7-4-5-8-22(19)32-13-14-33-24-21(26)15-18(16-23(24)31-2)17-28-29-25(30)20-9-11-27-12-10-20/h3-5,7-12,15-17H,1,6,13-14H2,2H3,(H,29,30)/b28-17+. The van der Waals surface area contributed by atoms with Gasteiger partial charge in [0.15, 0.2) is 11.5 Å². The van der Waals surface area contributed by atoms with Crippen molar-refractivity contribution in [3.8, 4) is 17.2 Å². The molecule has 0 bridgehead atoms. The minimum absolute atomic E-state index is 0.272. The third kappa shape index (κ3) is 6.82. The molecule has 0 unspecified atom stereocenters. The summed E-state index contributed by atoms with van der Waals surface area (Å²) in [7, 11) is 1.52. The van der Waals surface area contributed by atoms with Gasteiger partial charge in [-0.05, 0) is 47.9 Å². The van der Waals surface area contributed by atoms with Crippen LogP contribution in [0.25, 0.3) is 0 Å². The van der Waals surface area contributed by atoms with E-state index in [2.05, 4.69) is 22.1 Å². The SMILES string of the molecule is C=CCc1ccccc1OCCOc1c(Cl)cc(/C=N/NC(=O)c2ccncc2)cc1OC. The van der Waals surface area contributed by atoms with Crippen LogP contribution < -0.4 is 19.6 Å². The lowest BCUT2D eigenvalue weighted by Crippen LogP contribution is -2.17. The number of pyridine rings is 1. The quantitative estimate of drug-likeness (QED) is 0.192. The van der Waals surface area contributed by atoms with E-state index in [1.165, 1.54) is 25.7 Å². The second-order valence-electron chi connectivity index (χ2n) is 6.77. The number of halogens is 1. The topological polar surface area (TPSA) is 82.0 Å². The van der Waals surface area contributed by atoms with Gasteiger partial charge in [-0.25, -0.2) is 5.43 Å². The van der Waals surface area contributed by atoms with Gasteiger partial charge in [0, 0.05) is 18.0 Å². The van der Waals surface area contributed by atoms with E-state index in [0.717, 1.165) is 17.7 Å². The van der Waals surface area contributed by atoms with Crippen LogP contribution in [0.1, 0.15) is 21.5 Å². The summed E-state index contributed by atoms with van der Waals surface area (Å²) in [6, 6.07) is 14.4. The number of rotatable bonds is 11. The lowest BCUT2D eigenvalue weighted by Gasteiger charge is -2.14. The molecule has 1 N–H and O–H groups in total. The minimum Gasteiger partial charge on any atom is -0.493 e. The zero-order valence-electron chi connectivity index (χ0n) is 18.2. The summed E-state index contributed by atoms with van der Waals surface area (Å²) < 4.78 is 17.1. The second kappa shape index (κ2) is 12.3. The smallest absolute Gasteiger partial charge is 0.271 e. The second-order valence-corrected chi connectivity index (χ2v) is 7.17. The monoisotopic (exact) mass is 465 g/mol. The van der Waals surface area contributed by atoms with E-state index in [-0.39, 0.29) is 12.5 Å². The average Bonchev–Trinajstić information content (AvgIpc) is 2.84. The highest BCUT2D eigenvalue weighted by atomic mass is 35.5. The molecule has 2 aromatic carbocycles. The lowest BCUT2D eigenvalue weighted by atomic mass is 10.1. The summed E-state index contributed by atoms with van der Waals surface area (Å²) in [6.07, 6.45) is 7.10. The average molecular weight is 466 g/mol. The molecule has 1 amide bonds. The van der Waals surface area contributed by atoms with Crippen molar-refractivity contribution in [3.05, 3.63) is 95.3 Å². The van der Waals surface area contributed by atoms with Crippen molar-refractivity contribution < 1.29 is 19.0 Å². The Morgan fingerprint density at radius 2 is 1.88 bits per heavy atom. The fraction of sp³-hybridized carbons (Fsp3) is 0.160. The van der Waals surface area contributed by atoms with Gasteiger partial charge in [-0.3, -0.25) is 9.78 Å². The number of allylic oxidation sites excluding steroid dienone is 1. The maximum Gasteiger partial charge on any atom is 0.271 e. The third-order valence-corrected chi connectivity index (χ3v) is 4.78. The van der Waals surface area contributed by atoms with E-state index in [0.29, 0.717) is 34.3 Å². The maximum absolute atomic E-state index is 12.0. The Bertz CT molecular complexity index is 1120. The fourth-order valence-corrected chi connectivity index (χ4v) is 3.23. The molecule has 3 aromatic rings. The van der Waals surface area contributed by atoms with Gasteiger partial charge in [0.1, 0.15) is 19.0 Å². The molecule has 0 aliphatic heterocycles. The van der Waals surface area contributed by atoms with Crippen LogP contribution in [0.5, 0.6) is 17.2 Å². The predicted octanol–water partition coefficient (Wildman–Crippen LogP) is 4.69. The van der Waals surface area contributed by atoms with E-state index in [9.17, 15) is 4.79 Å². The summed E-state index contributed by atoms with van der Waals surface area (Å²) in [4.78, 5) is 15.9. The Balaban J connectivity index is 1.58. The van der Waals surface area contributed by atoms with Crippen molar-refractivity contribution in [2.75, 3.05) is 20.3 Å². The molecule has 0 saturated heterocycles. The first-order valence-corrected chi connectivity index (χ1v) is 10.6. The Kier molecular flexibility index (Phi) is 8.85. The molecule has 170 valence electrons. The van der Waals surface area contributed by atoms with Gasteiger partial charge in [0.05, 0.1) is 18.3 Å². The van der Waals surface area contributed by atoms with Crippen molar-refractivity contribution in [3.63, 3.8) is 0 Å². The van der Waals surface area contributed by atoms with E-state index in [1.807, 2.05) is 30.3 Å². The van der Waals surface area contributed by atoms with Crippen LogP contribution >= 0.6 is 11.6 Å². The predicted molar refractivity (Wildman–Crippen MR) is 129 cm³/mol. The first-order valence-electron chi connectivity index (χ1n) is 10.2. The number of aromatic nitrogens is 1. The molecule has 3 rings (SSSR count). The largest absolute Gasteiger partial charge is 0.493 e. The number of ether oxygens (including phenoxy) is 3. The Labute approximate surface area is 197 Å². The molecular weight excluding hydrogens is 442 g/mol. The number of para-hydroxylation sites is 1. The van der Waals surface area contributed by atoms with Crippen molar-refractivity contribution >= 4 is 23.7 Å². The zero-order chi connectivity index (χ0) is 23.5. The van der Waals surface area contributed by atoms with Crippen molar-refractivity contribution in [2.45, 2.75) is 6.42 Å². The molecule has 0 aliphatic rings. The van der Waals surface area contributed by atoms with E-state index in [4.69, 9.17) is 25.8 Å². The number of amides is 1.